The molecular formula is C14H19NO3. The lowest BCUT2D eigenvalue weighted by atomic mass is 10.0. The third kappa shape index (κ3) is 3.32. The summed E-state index contributed by atoms with van der Waals surface area (Å²) in [5.41, 5.74) is 1.61. The molecule has 0 aliphatic heterocycles. The number of carbonyl (C=O) groups is 2. The zero-order valence-corrected chi connectivity index (χ0v) is 11.2. The fourth-order valence-corrected chi connectivity index (χ4v) is 1.78. The number of amides is 1. The van der Waals surface area contributed by atoms with E-state index in [0.29, 0.717) is 12.1 Å². The molecule has 0 saturated carbocycles. The van der Waals surface area contributed by atoms with Gasteiger partial charge in [0, 0.05) is 5.69 Å². The standard InChI is InChI=1S/C14H19NO3/c1-5-12(10(3)16)14(17)15-13-7-6-11(18-4)8-9(13)2/h6-8,12H,5H2,1-4H3,(H,15,17). The summed E-state index contributed by atoms with van der Waals surface area (Å²) in [4.78, 5) is 23.2. The molecule has 0 bridgehead atoms. The van der Waals surface area contributed by atoms with Gasteiger partial charge in [0.25, 0.3) is 0 Å². The first kappa shape index (κ1) is 14.2. The van der Waals surface area contributed by atoms with Crippen molar-refractivity contribution in [2.24, 2.45) is 5.92 Å². The molecule has 1 rings (SSSR count). The fraction of sp³-hybridized carbons (Fsp3) is 0.429. The molecule has 1 amide bonds. The monoisotopic (exact) mass is 249 g/mol. The lowest BCUT2D eigenvalue weighted by Gasteiger charge is -2.14. The molecular weight excluding hydrogens is 230 g/mol. The summed E-state index contributed by atoms with van der Waals surface area (Å²) in [5, 5.41) is 2.78. The van der Waals surface area contributed by atoms with Crippen LogP contribution >= 0.6 is 0 Å². The van der Waals surface area contributed by atoms with Crippen LogP contribution in [0.1, 0.15) is 25.8 Å². The SMILES string of the molecule is CCC(C(C)=O)C(=O)Nc1ccc(OC)cc1C. The fourth-order valence-electron chi connectivity index (χ4n) is 1.78. The Kier molecular flexibility index (Phi) is 4.89. The molecule has 0 fully saturated rings. The molecule has 0 aromatic heterocycles. The van der Waals surface area contributed by atoms with Gasteiger partial charge in [-0.15, -0.1) is 0 Å². The highest BCUT2D eigenvalue weighted by Gasteiger charge is 2.21. The molecule has 4 nitrogen and oxygen atoms in total. The Bertz CT molecular complexity index is 454. The van der Waals surface area contributed by atoms with Crippen molar-refractivity contribution in [1.29, 1.82) is 0 Å². The van der Waals surface area contributed by atoms with Crippen molar-refractivity contribution in [3.05, 3.63) is 23.8 Å². The van der Waals surface area contributed by atoms with Gasteiger partial charge in [0.15, 0.2) is 0 Å². The topological polar surface area (TPSA) is 55.4 Å². The van der Waals surface area contributed by atoms with Gasteiger partial charge in [0.05, 0.1) is 13.0 Å². The summed E-state index contributed by atoms with van der Waals surface area (Å²) in [5.74, 6) is -0.199. The van der Waals surface area contributed by atoms with Crippen LogP contribution in [0.15, 0.2) is 18.2 Å². The summed E-state index contributed by atoms with van der Waals surface area (Å²) in [6.07, 6.45) is 0.510. The quantitative estimate of drug-likeness (QED) is 0.816. The van der Waals surface area contributed by atoms with Gasteiger partial charge in [-0.05, 0) is 44.0 Å². The van der Waals surface area contributed by atoms with Gasteiger partial charge in [0.2, 0.25) is 5.91 Å². The van der Waals surface area contributed by atoms with Crippen molar-refractivity contribution >= 4 is 17.4 Å². The largest absolute Gasteiger partial charge is 0.497 e. The molecule has 1 aromatic carbocycles. The number of ether oxygens (including phenoxy) is 1. The van der Waals surface area contributed by atoms with Crippen molar-refractivity contribution in [3.8, 4) is 5.75 Å². The van der Waals surface area contributed by atoms with Crippen LogP contribution in [0, 0.1) is 12.8 Å². The van der Waals surface area contributed by atoms with Crippen LogP contribution < -0.4 is 10.1 Å². The number of benzene rings is 1. The summed E-state index contributed by atoms with van der Waals surface area (Å²) < 4.78 is 5.10. The average Bonchev–Trinajstić information content (AvgIpc) is 2.32. The van der Waals surface area contributed by atoms with Gasteiger partial charge >= 0.3 is 0 Å². The molecule has 0 spiro atoms. The molecule has 0 aliphatic rings. The highest BCUT2D eigenvalue weighted by molar-refractivity contribution is 6.06. The van der Waals surface area contributed by atoms with Crippen LogP contribution in [0.25, 0.3) is 0 Å². The summed E-state index contributed by atoms with van der Waals surface area (Å²) in [6, 6.07) is 5.39. The highest BCUT2D eigenvalue weighted by atomic mass is 16.5. The minimum atomic E-state index is -0.577. The Morgan fingerprint density at radius 3 is 2.50 bits per heavy atom. The third-order valence-corrected chi connectivity index (χ3v) is 2.91. The third-order valence-electron chi connectivity index (χ3n) is 2.91. The molecule has 1 N–H and O–H groups in total. The predicted molar refractivity (Wildman–Crippen MR) is 70.8 cm³/mol. The smallest absolute Gasteiger partial charge is 0.234 e. The van der Waals surface area contributed by atoms with Gasteiger partial charge in [-0.25, -0.2) is 0 Å². The van der Waals surface area contributed by atoms with E-state index in [1.807, 2.05) is 19.9 Å². The van der Waals surface area contributed by atoms with Gasteiger partial charge in [0.1, 0.15) is 11.5 Å². The summed E-state index contributed by atoms with van der Waals surface area (Å²) >= 11 is 0. The molecule has 0 radical (unpaired) electrons. The van der Waals surface area contributed by atoms with Crippen molar-refractivity contribution < 1.29 is 14.3 Å². The number of ketones is 1. The van der Waals surface area contributed by atoms with E-state index in [9.17, 15) is 9.59 Å². The van der Waals surface area contributed by atoms with E-state index in [-0.39, 0.29) is 11.7 Å². The molecule has 0 heterocycles. The van der Waals surface area contributed by atoms with Gasteiger partial charge < -0.3 is 10.1 Å². The number of Topliss-reactive ketones (excluding diaryl/α,β-unsaturated/α-hetero) is 1. The van der Waals surface area contributed by atoms with E-state index in [0.717, 1.165) is 11.3 Å². The van der Waals surface area contributed by atoms with Crippen LogP contribution in [-0.2, 0) is 9.59 Å². The zero-order valence-electron chi connectivity index (χ0n) is 11.2. The van der Waals surface area contributed by atoms with E-state index < -0.39 is 5.92 Å². The van der Waals surface area contributed by atoms with E-state index >= 15 is 0 Å². The van der Waals surface area contributed by atoms with Crippen LogP contribution in [0.5, 0.6) is 5.75 Å². The average molecular weight is 249 g/mol. The number of rotatable bonds is 5. The number of hydrogen-bond donors (Lipinski definition) is 1. The minimum Gasteiger partial charge on any atom is -0.497 e. The molecule has 4 heteroatoms. The van der Waals surface area contributed by atoms with Crippen LogP contribution in [0.4, 0.5) is 5.69 Å². The van der Waals surface area contributed by atoms with Gasteiger partial charge in [-0.1, -0.05) is 6.92 Å². The number of aryl methyl sites for hydroxylation is 1. The first-order valence-electron chi connectivity index (χ1n) is 5.95. The normalized spacial score (nSPS) is 11.8. The zero-order chi connectivity index (χ0) is 13.7. The molecule has 1 unspecified atom stereocenters. The van der Waals surface area contributed by atoms with Crippen LogP contribution in [-0.4, -0.2) is 18.8 Å². The second-order valence-electron chi connectivity index (χ2n) is 4.24. The number of methoxy groups -OCH3 is 1. The maximum atomic E-state index is 11.9. The van der Waals surface area contributed by atoms with Crippen molar-refractivity contribution in [3.63, 3.8) is 0 Å². The molecule has 0 aliphatic carbocycles. The van der Waals surface area contributed by atoms with Crippen molar-refractivity contribution in [2.45, 2.75) is 27.2 Å². The lowest BCUT2D eigenvalue weighted by Crippen LogP contribution is -2.27. The molecule has 0 saturated heterocycles. The molecule has 18 heavy (non-hydrogen) atoms. The second-order valence-corrected chi connectivity index (χ2v) is 4.24. The Balaban J connectivity index is 2.84. The molecule has 1 atom stereocenters. The lowest BCUT2D eigenvalue weighted by molar-refractivity contribution is -0.129. The maximum Gasteiger partial charge on any atom is 0.234 e. The van der Waals surface area contributed by atoms with Crippen LogP contribution in [0.3, 0.4) is 0 Å². The van der Waals surface area contributed by atoms with Gasteiger partial charge in [-0.2, -0.15) is 0 Å². The van der Waals surface area contributed by atoms with Crippen molar-refractivity contribution in [2.75, 3.05) is 12.4 Å². The van der Waals surface area contributed by atoms with Crippen LogP contribution in [0.2, 0.25) is 0 Å². The highest BCUT2D eigenvalue weighted by Crippen LogP contribution is 2.22. The Hall–Kier alpha value is -1.84. The van der Waals surface area contributed by atoms with E-state index in [1.165, 1.54) is 6.92 Å². The van der Waals surface area contributed by atoms with E-state index in [1.54, 1.807) is 19.2 Å². The number of carbonyl (C=O) groups excluding carboxylic acids is 2. The Morgan fingerprint density at radius 2 is 2.06 bits per heavy atom. The Labute approximate surface area is 107 Å². The number of nitrogens with one attached hydrogen (secondary N) is 1. The first-order valence-corrected chi connectivity index (χ1v) is 5.95. The number of anilines is 1. The molecule has 1 aromatic rings. The van der Waals surface area contributed by atoms with Crippen molar-refractivity contribution in [1.82, 2.24) is 0 Å². The first-order chi connectivity index (χ1) is 8.49. The number of hydrogen-bond acceptors (Lipinski definition) is 3. The molecule has 98 valence electrons. The summed E-state index contributed by atoms with van der Waals surface area (Å²) in [6.45, 7) is 5.15. The Morgan fingerprint density at radius 1 is 1.39 bits per heavy atom. The second kappa shape index (κ2) is 6.19. The van der Waals surface area contributed by atoms with E-state index in [4.69, 9.17) is 4.74 Å². The van der Waals surface area contributed by atoms with Gasteiger partial charge in [-0.3, -0.25) is 9.59 Å². The maximum absolute atomic E-state index is 11.9. The minimum absolute atomic E-state index is 0.110. The predicted octanol–water partition coefficient (Wildman–Crippen LogP) is 2.56. The van der Waals surface area contributed by atoms with E-state index in [2.05, 4.69) is 5.32 Å². The summed E-state index contributed by atoms with van der Waals surface area (Å²) in [7, 11) is 1.59.